The molecule has 116 valence electrons. The number of hydrogen-bond acceptors (Lipinski definition) is 3. The normalized spacial score (nSPS) is 17.7. The third kappa shape index (κ3) is 5.49. The van der Waals surface area contributed by atoms with E-state index in [1.165, 1.54) is 0 Å². The number of rotatable bonds is 8. The van der Waals surface area contributed by atoms with E-state index < -0.39 is 5.97 Å². The van der Waals surface area contributed by atoms with Crippen molar-refractivity contribution in [2.45, 2.75) is 51.4 Å². The molecular formula is C15H27NO4. The maximum atomic E-state index is 12.3. The number of carboxylic acid groups (broad SMARTS) is 1. The summed E-state index contributed by atoms with van der Waals surface area (Å²) in [4.78, 5) is 25.1. The Morgan fingerprint density at radius 2 is 1.85 bits per heavy atom. The Labute approximate surface area is 121 Å². The minimum Gasteiger partial charge on any atom is -0.481 e. The van der Waals surface area contributed by atoms with Gasteiger partial charge in [0.2, 0.25) is 5.91 Å². The van der Waals surface area contributed by atoms with Gasteiger partial charge in [-0.05, 0) is 24.7 Å². The molecule has 0 radical (unpaired) electrons. The van der Waals surface area contributed by atoms with Gasteiger partial charge in [-0.1, -0.05) is 19.3 Å². The van der Waals surface area contributed by atoms with Crippen molar-refractivity contribution >= 4 is 11.9 Å². The van der Waals surface area contributed by atoms with E-state index in [2.05, 4.69) is 0 Å². The summed E-state index contributed by atoms with van der Waals surface area (Å²) >= 11 is 0. The Hall–Kier alpha value is -1.10. The Kier molecular flexibility index (Phi) is 6.99. The molecule has 1 aliphatic carbocycles. The predicted molar refractivity (Wildman–Crippen MR) is 76.5 cm³/mol. The van der Waals surface area contributed by atoms with E-state index in [1.807, 2.05) is 0 Å². The molecule has 1 N–H and O–H groups in total. The summed E-state index contributed by atoms with van der Waals surface area (Å²) in [6.07, 6.45) is 6.23. The number of carboxylic acids is 1. The lowest BCUT2D eigenvalue weighted by Gasteiger charge is -2.36. The molecule has 1 amide bonds. The number of methoxy groups -OCH3 is 1. The van der Waals surface area contributed by atoms with Crippen LogP contribution in [-0.4, -0.2) is 49.2 Å². The van der Waals surface area contributed by atoms with Crippen LogP contribution in [-0.2, 0) is 14.3 Å². The van der Waals surface area contributed by atoms with Gasteiger partial charge >= 0.3 is 5.97 Å². The van der Waals surface area contributed by atoms with Crippen LogP contribution in [0.2, 0.25) is 0 Å². The van der Waals surface area contributed by atoms with E-state index in [-0.39, 0.29) is 17.7 Å². The molecule has 20 heavy (non-hydrogen) atoms. The monoisotopic (exact) mass is 285 g/mol. The molecule has 0 saturated heterocycles. The molecule has 0 atom stereocenters. The van der Waals surface area contributed by atoms with Gasteiger partial charge in [-0.2, -0.15) is 0 Å². The average Bonchev–Trinajstić information content (AvgIpc) is 2.38. The molecule has 1 aliphatic rings. The van der Waals surface area contributed by atoms with Crippen LogP contribution >= 0.6 is 0 Å². The molecule has 5 heteroatoms. The van der Waals surface area contributed by atoms with E-state index in [1.54, 1.807) is 19.1 Å². The summed E-state index contributed by atoms with van der Waals surface area (Å²) in [5, 5.41) is 9.11. The van der Waals surface area contributed by atoms with Crippen molar-refractivity contribution in [1.82, 2.24) is 4.90 Å². The quantitative estimate of drug-likeness (QED) is 0.695. The molecule has 0 aromatic rings. The van der Waals surface area contributed by atoms with Crippen LogP contribution in [0.1, 0.15) is 51.4 Å². The van der Waals surface area contributed by atoms with E-state index >= 15 is 0 Å². The lowest BCUT2D eigenvalue weighted by Crippen LogP contribution is -2.36. The summed E-state index contributed by atoms with van der Waals surface area (Å²) in [6, 6.07) is 0. The molecule has 0 bridgehead atoms. The van der Waals surface area contributed by atoms with Gasteiger partial charge in [0.05, 0.1) is 6.42 Å². The van der Waals surface area contributed by atoms with Crippen LogP contribution in [0.25, 0.3) is 0 Å². The number of carbonyl (C=O) groups is 2. The molecule has 0 aromatic heterocycles. The maximum absolute atomic E-state index is 12.3. The van der Waals surface area contributed by atoms with E-state index in [4.69, 9.17) is 9.84 Å². The zero-order valence-electron chi connectivity index (χ0n) is 12.7. The number of carbonyl (C=O) groups excluding carboxylic acids is 1. The van der Waals surface area contributed by atoms with Gasteiger partial charge in [0.1, 0.15) is 0 Å². The topological polar surface area (TPSA) is 66.8 Å². The Bertz CT molecular complexity index is 324. The molecule has 1 saturated carbocycles. The van der Waals surface area contributed by atoms with Crippen molar-refractivity contribution in [2.75, 3.05) is 27.3 Å². The highest BCUT2D eigenvalue weighted by Crippen LogP contribution is 2.42. The second-order valence-electron chi connectivity index (χ2n) is 5.97. The summed E-state index contributed by atoms with van der Waals surface area (Å²) in [5.74, 6) is -0.731. The number of nitrogens with zero attached hydrogens (tertiary/aromatic N) is 1. The molecule has 0 spiro atoms. The number of aliphatic carboxylic acids is 1. The van der Waals surface area contributed by atoms with Crippen LogP contribution in [0.15, 0.2) is 0 Å². The van der Waals surface area contributed by atoms with Crippen molar-refractivity contribution in [3.8, 4) is 0 Å². The molecular weight excluding hydrogens is 258 g/mol. The van der Waals surface area contributed by atoms with Crippen LogP contribution in [0.5, 0.6) is 0 Å². The summed E-state index contributed by atoms with van der Waals surface area (Å²) in [6.45, 7) is 1.30. The van der Waals surface area contributed by atoms with Gasteiger partial charge in [-0.15, -0.1) is 0 Å². The van der Waals surface area contributed by atoms with Crippen LogP contribution in [0.3, 0.4) is 0 Å². The smallest absolute Gasteiger partial charge is 0.303 e. The van der Waals surface area contributed by atoms with Gasteiger partial charge in [-0.25, -0.2) is 0 Å². The molecule has 0 aliphatic heterocycles. The van der Waals surface area contributed by atoms with Gasteiger partial charge < -0.3 is 14.7 Å². The fourth-order valence-electron chi connectivity index (χ4n) is 3.07. The highest BCUT2D eigenvalue weighted by molar-refractivity contribution is 5.78. The van der Waals surface area contributed by atoms with Gasteiger partial charge in [0.25, 0.3) is 0 Å². The van der Waals surface area contributed by atoms with Crippen molar-refractivity contribution in [3.63, 3.8) is 0 Å². The summed E-state index contributed by atoms with van der Waals surface area (Å²) in [5.41, 5.74) is -0.323. The maximum Gasteiger partial charge on any atom is 0.303 e. The van der Waals surface area contributed by atoms with Crippen molar-refractivity contribution in [2.24, 2.45) is 5.41 Å². The Balaban J connectivity index is 2.55. The average molecular weight is 285 g/mol. The third-order valence-electron chi connectivity index (χ3n) is 4.23. The number of ether oxygens (including phenoxy) is 1. The zero-order chi connectivity index (χ0) is 15.0. The number of amides is 1. The SMILES string of the molecule is COCCCN(C)C(=O)CC1(CC(=O)O)CCCCC1. The highest BCUT2D eigenvalue weighted by Gasteiger charge is 2.37. The second kappa shape index (κ2) is 8.25. The van der Waals surface area contributed by atoms with Gasteiger partial charge in [0, 0.05) is 33.7 Å². The first-order valence-electron chi connectivity index (χ1n) is 7.44. The molecule has 1 rings (SSSR count). The Morgan fingerprint density at radius 3 is 2.40 bits per heavy atom. The van der Waals surface area contributed by atoms with E-state index in [0.29, 0.717) is 19.6 Å². The lowest BCUT2D eigenvalue weighted by atomic mass is 9.69. The molecule has 0 aromatic carbocycles. The molecule has 0 unspecified atom stereocenters. The lowest BCUT2D eigenvalue weighted by molar-refractivity contribution is -0.142. The number of hydrogen-bond donors (Lipinski definition) is 1. The fraction of sp³-hybridized carbons (Fsp3) is 0.867. The van der Waals surface area contributed by atoms with Gasteiger partial charge in [-0.3, -0.25) is 9.59 Å². The van der Waals surface area contributed by atoms with Crippen molar-refractivity contribution in [1.29, 1.82) is 0 Å². The highest BCUT2D eigenvalue weighted by atomic mass is 16.5. The zero-order valence-corrected chi connectivity index (χ0v) is 12.7. The molecule has 1 fully saturated rings. The first-order chi connectivity index (χ1) is 9.49. The first-order valence-corrected chi connectivity index (χ1v) is 7.44. The van der Waals surface area contributed by atoms with Crippen LogP contribution in [0.4, 0.5) is 0 Å². The predicted octanol–water partition coefficient (Wildman–Crippen LogP) is 2.30. The van der Waals surface area contributed by atoms with Gasteiger partial charge in [0.15, 0.2) is 0 Å². The summed E-state index contributed by atoms with van der Waals surface area (Å²) < 4.78 is 4.98. The standard InChI is InChI=1S/C15H27NO4/c1-16(9-6-10-20-2)13(17)11-15(12-14(18)19)7-4-3-5-8-15/h3-12H2,1-2H3,(H,18,19). The first kappa shape index (κ1) is 17.0. The Morgan fingerprint density at radius 1 is 1.20 bits per heavy atom. The van der Waals surface area contributed by atoms with Crippen molar-refractivity contribution < 1.29 is 19.4 Å². The van der Waals surface area contributed by atoms with E-state index in [9.17, 15) is 9.59 Å². The van der Waals surface area contributed by atoms with Crippen molar-refractivity contribution in [3.05, 3.63) is 0 Å². The van der Waals surface area contributed by atoms with E-state index in [0.717, 1.165) is 38.5 Å². The fourth-order valence-corrected chi connectivity index (χ4v) is 3.07. The second-order valence-corrected chi connectivity index (χ2v) is 5.97. The third-order valence-corrected chi connectivity index (χ3v) is 4.23. The van der Waals surface area contributed by atoms with Crippen LogP contribution < -0.4 is 0 Å². The van der Waals surface area contributed by atoms with Crippen LogP contribution in [0, 0.1) is 5.41 Å². The minimum atomic E-state index is -0.790. The minimum absolute atomic E-state index is 0.0595. The summed E-state index contributed by atoms with van der Waals surface area (Å²) in [7, 11) is 3.43. The molecule has 0 heterocycles. The molecule has 5 nitrogen and oxygen atoms in total. The largest absolute Gasteiger partial charge is 0.481 e.